The summed E-state index contributed by atoms with van der Waals surface area (Å²) in [6.45, 7) is 0.235. The molecule has 5 heteroatoms. The van der Waals surface area contributed by atoms with Gasteiger partial charge in [0.05, 0.1) is 19.3 Å². The normalized spacial score (nSPS) is 16.0. The number of hydrogen-bond acceptors (Lipinski definition) is 5. The van der Waals surface area contributed by atoms with Crippen LogP contribution in [0.5, 0.6) is 0 Å². The van der Waals surface area contributed by atoms with Crippen molar-refractivity contribution in [2.75, 3.05) is 13.7 Å². The Bertz CT molecular complexity index is 1640. The number of benzene rings is 5. The second-order valence-corrected chi connectivity index (χ2v) is 11.4. The summed E-state index contributed by atoms with van der Waals surface area (Å²) < 4.78 is 17.5. The van der Waals surface area contributed by atoms with E-state index in [1.807, 2.05) is 72.8 Å². The van der Waals surface area contributed by atoms with Crippen LogP contribution in [0, 0.1) is 5.92 Å². The maximum Gasteiger partial charge on any atom is 0.337 e. The smallest absolute Gasteiger partial charge is 0.337 e. The number of carbonyl (C=O) groups excluding carboxylic acids is 2. The average Bonchev–Trinajstić information content (AvgIpc) is 3.09. The van der Waals surface area contributed by atoms with Crippen LogP contribution in [-0.2, 0) is 37.4 Å². The summed E-state index contributed by atoms with van der Waals surface area (Å²) >= 11 is 0. The third kappa shape index (κ3) is 6.59. The number of esters is 2. The first-order valence-electron chi connectivity index (χ1n) is 15.3. The zero-order valence-electron chi connectivity index (χ0n) is 25.3. The molecular weight excluding hydrogens is 560 g/mol. The first-order valence-corrected chi connectivity index (χ1v) is 15.3. The molecule has 5 aromatic rings. The van der Waals surface area contributed by atoms with Gasteiger partial charge in [0.2, 0.25) is 0 Å². The second kappa shape index (κ2) is 13.7. The molecule has 0 radical (unpaired) electrons. The third-order valence-corrected chi connectivity index (χ3v) is 8.50. The molecule has 0 bridgehead atoms. The fourth-order valence-corrected chi connectivity index (χ4v) is 6.18. The molecular formula is C40H36O5. The zero-order chi connectivity index (χ0) is 31.1. The van der Waals surface area contributed by atoms with Crippen LogP contribution in [0.15, 0.2) is 140 Å². The fraction of sp³-hybridized carbons (Fsp3) is 0.200. The van der Waals surface area contributed by atoms with Gasteiger partial charge < -0.3 is 14.2 Å². The van der Waals surface area contributed by atoms with E-state index in [1.165, 1.54) is 12.7 Å². The average molecular weight is 597 g/mol. The Morgan fingerprint density at radius 1 is 0.689 bits per heavy atom. The van der Waals surface area contributed by atoms with E-state index >= 15 is 0 Å². The molecule has 1 aliphatic heterocycles. The molecule has 0 N–H and O–H groups in total. The van der Waals surface area contributed by atoms with E-state index in [0.29, 0.717) is 18.4 Å². The first-order chi connectivity index (χ1) is 22.1. The Balaban J connectivity index is 1.17. The Hall–Kier alpha value is -5.00. The van der Waals surface area contributed by atoms with Crippen LogP contribution in [-0.4, -0.2) is 31.8 Å². The van der Waals surface area contributed by atoms with Gasteiger partial charge in [-0.05, 0) is 64.8 Å². The highest BCUT2D eigenvalue weighted by Crippen LogP contribution is 2.42. The summed E-state index contributed by atoms with van der Waals surface area (Å²) in [6, 6.07) is 46.5. The topological polar surface area (TPSA) is 61.8 Å². The summed E-state index contributed by atoms with van der Waals surface area (Å²) in [5, 5.41) is 0. The minimum absolute atomic E-state index is 0.220. The molecule has 5 nitrogen and oxygen atoms in total. The van der Waals surface area contributed by atoms with Gasteiger partial charge in [0.1, 0.15) is 17.6 Å². The van der Waals surface area contributed by atoms with Gasteiger partial charge in [-0.25, -0.2) is 4.79 Å². The van der Waals surface area contributed by atoms with Crippen molar-refractivity contribution >= 4 is 11.9 Å². The molecule has 2 atom stereocenters. The van der Waals surface area contributed by atoms with Gasteiger partial charge in [-0.2, -0.15) is 0 Å². The second-order valence-electron chi connectivity index (χ2n) is 11.4. The van der Waals surface area contributed by atoms with Crippen LogP contribution in [0.3, 0.4) is 0 Å². The van der Waals surface area contributed by atoms with Crippen molar-refractivity contribution in [1.82, 2.24) is 0 Å². The summed E-state index contributed by atoms with van der Waals surface area (Å²) in [5.41, 5.74) is 6.02. The van der Waals surface area contributed by atoms with Crippen molar-refractivity contribution in [3.63, 3.8) is 0 Å². The third-order valence-electron chi connectivity index (χ3n) is 8.50. The van der Waals surface area contributed by atoms with E-state index in [2.05, 4.69) is 60.7 Å². The van der Waals surface area contributed by atoms with Gasteiger partial charge >= 0.3 is 11.9 Å². The molecule has 0 aromatic heterocycles. The zero-order valence-corrected chi connectivity index (χ0v) is 25.3. The quantitative estimate of drug-likeness (QED) is 0.110. The van der Waals surface area contributed by atoms with Crippen molar-refractivity contribution in [2.24, 2.45) is 5.92 Å². The van der Waals surface area contributed by atoms with Crippen molar-refractivity contribution in [1.29, 1.82) is 0 Å². The summed E-state index contributed by atoms with van der Waals surface area (Å²) in [4.78, 5) is 24.8. The number of carbonyl (C=O) groups is 2. The number of methoxy groups -OCH3 is 1. The molecule has 6 rings (SSSR count). The van der Waals surface area contributed by atoms with E-state index in [-0.39, 0.29) is 30.6 Å². The largest absolute Gasteiger partial charge is 0.465 e. The lowest BCUT2D eigenvalue weighted by molar-refractivity contribution is -0.194. The number of rotatable bonds is 12. The van der Waals surface area contributed by atoms with Gasteiger partial charge in [0.15, 0.2) is 0 Å². The lowest BCUT2D eigenvalue weighted by Gasteiger charge is -2.40. The molecule has 0 amide bonds. The van der Waals surface area contributed by atoms with Gasteiger partial charge in [-0.15, -0.1) is 0 Å². The number of hydrogen-bond donors (Lipinski definition) is 0. The molecule has 0 spiro atoms. The van der Waals surface area contributed by atoms with Crippen LogP contribution < -0.4 is 0 Å². The highest BCUT2D eigenvalue weighted by Gasteiger charge is 2.45. The first kappa shape index (κ1) is 30.0. The van der Waals surface area contributed by atoms with Gasteiger partial charge in [0, 0.05) is 0 Å². The number of aryl methyl sites for hydroxylation is 1. The molecule has 1 fully saturated rings. The summed E-state index contributed by atoms with van der Waals surface area (Å²) in [7, 11) is 1.39. The van der Waals surface area contributed by atoms with Crippen LogP contribution in [0.4, 0.5) is 0 Å². The maximum atomic E-state index is 12.8. The van der Waals surface area contributed by atoms with E-state index < -0.39 is 5.60 Å². The van der Waals surface area contributed by atoms with E-state index in [0.717, 1.165) is 34.2 Å². The van der Waals surface area contributed by atoms with Crippen LogP contribution in [0.1, 0.15) is 50.2 Å². The lowest BCUT2D eigenvalue weighted by Crippen LogP contribution is -2.49. The van der Waals surface area contributed by atoms with Crippen molar-refractivity contribution in [3.8, 4) is 0 Å². The lowest BCUT2D eigenvalue weighted by atomic mass is 9.79. The molecule has 226 valence electrons. The van der Waals surface area contributed by atoms with Gasteiger partial charge in [-0.3, -0.25) is 4.79 Å². The minimum Gasteiger partial charge on any atom is -0.465 e. The Morgan fingerprint density at radius 3 is 1.78 bits per heavy atom. The fourth-order valence-electron chi connectivity index (χ4n) is 6.18. The van der Waals surface area contributed by atoms with Gasteiger partial charge in [0.25, 0.3) is 0 Å². The maximum absolute atomic E-state index is 12.8. The highest BCUT2D eigenvalue weighted by molar-refractivity contribution is 5.89. The molecule has 0 aliphatic carbocycles. The van der Waals surface area contributed by atoms with E-state index in [9.17, 15) is 9.59 Å². The molecule has 1 saturated heterocycles. The highest BCUT2D eigenvalue weighted by atomic mass is 16.6. The van der Waals surface area contributed by atoms with Crippen molar-refractivity contribution in [3.05, 3.63) is 178 Å². The monoisotopic (exact) mass is 596 g/mol. The van der Waals surface area contributed by atoms with Gasteiger partial charge in [-0.1, -0.05) is 127 Å². The predicted molar refractivity (Wildman–Crippen MR) is 174 cm³/mol. The molecule has 0 unspecified atom stereocenters. The van der Waals surface area contributed by atoms with Crippen LogP contribution in [0.2, 0.25) is 0 Å². The Morgan fingerprint density at radius 2 is 1.22 bits per heavy atom. The molecule has 1 heterocycles. The Labute approximate surface area is 264 Å². The summed E-state index contributed by atoms with van der Waals surface area (Å²) in [6.07, 6.45) is 1.95. The molecule has 5 aromatic carbocycles. The van der Waals surface area contributed by atoms with E-state index in [4.69, 9.17) is 14.2 Å². The van der Waals surface area contributed by atoms with Crippen molar-refractivity contribution in [2.45, 2.75) is 31.0 Å². The molecule has 45 heavy (non-hydrogen) atoms. The Kier molecular flexibility index (Phi) is 9.18. The molecule has 1 aliphatic rings. The number of ether oxygens (including phenoxy) is 3. The minimum atomic E-state index is -0.885. The molecule has 0 saturated carbocycles. The van der Waals surface area contributed by atoms with Crippen molar-refractivity contribution < 1.29 is 23.8 Å². The summed E-state index contributed by atoms with van der Waals surface area (Å²) in [5.74, 6) is -0.917. The van der Waals surface area contributed by atoms with E-state index in [1.54, 1.807) is 6.07 Å². The predicted octanol–water partition coefficient (Wildman–Crippen LogP) is 7.55. The number of cyclic esters (lactones) is 1. The SMILES string of the molecule is COC(=O)c1cccc(Cc2cccc(CC[C@H]3OC(=O)[C@@H]3COC(c3ccccc3)(c3ccccc3)c3ccccc3)c2)c1. The van der Waals surface area contributed by atoms with Crippen LogP contribution >= 0.6 is 0 Å². The standard InChI is InChI=1S/C40H36O5/c1-43-38(41)32-16-12-15-31(27-32)26-30-14-11-13-29(25-30)23-24-37-36(39(42)45-37)28-44-40(33-17-5-2-6-18-33,34-19-7-3-8-20-34)35-21-9-4-10-22-35/h2-22,25,27,36-37H,23-24,26,28H2,1H3/t36-,37-/m1/s1. The van der Waals surface area contributed by atoms with Crippen LogP contribution in [0.25, 0.3) is 0 Å².